The van der Waals surface area contributed by atoms with Gasteiger partial charge in [-0.25, -0.2) is 9.18 Å². The Hall–Kier alpha value is -1.95. The highest BCUT2D eigenvalue weighted by atomic mass is 19.1. The number of hydrogen-bond acceptors (Lipinski definition) is 3. The van der Waals surface area contributed by atoms with Gasteiger partial charge in [0, 0.05) is 11.6 Å². The van der Waals surface area contributed by atoms with E-state index in [1.54, 1.807) is 0 Å². The first-order valence-electron chi connectivity index (χ1n) is 6.19. The van der Waals surface area contributed by atoms with Crippen LogP contribution in [0.1, 0.15) is 23.2 Å². The first-order chi connectivity index (χ1) is 9.09. The molecule has 3 amide bonds. The molecule has 1 heterocycles. The van der Waals surface area contributed by atoms with Gasteiger partial charge in [-0.3, -0.25) is 9.69 Å². The van der Waals surface area contributed by atoms with Crippen LogP contribution in [0.15, 0.2) is 24.3 Å². The molecule has 2 rings (SSSR count). The zero-order valence-corrected chi connectivity index (χ0v) is 10.4. The second-order valence-corrected chi connectivity index (χ2v) is 4.50. The minimum atomic E-state index is -0.763. The van der Waals surface area contributed by atoms with Gasteiger partial charge in [-0.1, -0.05) is 0 Å². The highest BCUT2D eigenvalue weighted by Crippen LogP contribution is 2.16. The van der Waals surface area contributed by atoms with Gasteiger partial charge < -0.3 is 11.1 Å². The van der Waals surface area contributed by atoms with Gasteiger partial charge in [-0.15, -0.1) is 0 Å². The minimum absolute atomic E-state index is 0.198. The summed E-state index contributed by atoms with van der Waals surface area (Å²) < 4.78 is 12.8. The number of amides is 3. The number of carbonyl (C=O) groups excluding carboxylic acids is 2. The van der Waals surface area contributed by atoms with Crippen molar-refractivity contribution in [3.05, 3.63) is 35.6 Å². The summed E-state index contributed by atoms with van der Waals surface area (Å²) in [6.45, 7) is 1.48. The van der Waals surface area contributed by atoms with Crippen LogP contribution in [0, 0.1) is 5.82 Å². The van der Waals surface area contributed by atoms with E-state index in [1.165, 1.54) is 24.3 Å². The molecule has 1 aliphatic rings. The Morgan fingerprint density at radius 1 is 1.21 bits per heavy atom. The van der Waals surface area contributed by atoms with Crippen molar-refractivity contribution in [1.82, 2.24) is 10.2 Å². The van der Waals surface area contributed by atoms with E-state index >= 15 is 0 Å². The van der Waals surface area contributed by atoms with E-state index in [1.807, 2.05) is 0 Å². The number of halogens is 1. The van der Waals surface area contributed by atoms with E-state index in [4.69, 9.17) is 5.73 Å². The topological polar surface area (TPSA) is 75.4 Å². The van der Waals surface area contributed by atoms with Gasteiger partial charge in [0.1, 0.15) is 5.82 Å². The first-order valence-corrected chi connectivity index (χ1v) is 6.19. The van der Waals surface area contributed by atoms with Crippen LogP contribution in [0.4, 0.5) is 9.18 Å². The van der Waals surface area contributed by atoms with Gasteiger partial charge in [0.05, 0.1) is 0 Å². The monoisotopic (exact) mass is 265 g/mol. The van der Waals surface area contributed by atoms with Crippen LogP contribution >= 0.6 is 0 Å². The molecule has 1 aromatic carbocycles. The fourth-order valence-electron chi connectivity index (χ4n) is 2.24. The van der Waals surface area contributed by atoms with Gasteiger partial charge >= 0.3 is 6.03 Å². The van der Waals surface area contributed by atoms with E-state index < -0.39 is 17.8 Å². The second-order valence-electron chi connectivity index (χ2n) is 4.50. The molecule has 0 spiro atoms. The van der Waals surface area contributed by atoms with E-state index in [2.05, 4.69) is 5.32 Å². The quantitative estimate of drug-likeness (QED) is 0.840. The Kier molecular flexibility index (Phi) is 4.11. The summed E-state index contributed by atoms with van der Waals surface area (Å²) >= 11 is 0. The summed E-state index contributed by atoms with van der Waals surface area (Å²) in [7, 11) is 0. The lowest BCUT2D eigenvalue weighted by atomic mass is 10.0. The minimum Gasteiger partial charge on any atom is -0.351 e. The third-order valence-electron chi connectivity index (χ3n) is 3.22. The number of hydrogen-bond donors (Lipinski definition) is 2. The lowest BCUT2D eigenvalue weighted by Crippen LogP contribution is -2.51. The lowest BCUT2D eigenvalue weighted by Gasteiger charge is -2.31. The van der Waals surface area contributed by atoms with Crippen LogP contribution in [0.2, 0.25) is 0 Å². The molecule has 102 valence electrons. The number of rotatable bonds is 2. The fraction of sp³-hybridized carbons (Fsp3) is 0.385. The third-order valence-corrected chi connectivity index (χ3v) is 3.22. The highest BCUT2D eigenvalue weighted by Gasteiger charge is 2.29. The van der Waals surface area contributed by atoms with Crippen molar-refractivity contribution in [2.24, 2.45) is 5.73 Å². The molecule has 0 aliphatic carbocycles. The Morgan fingerprint density at radius 3 is 2.32 bits per heavy atom. The number of nitrogens with two attached hydrogens (primary N) is 1. The molecule has 0 aromatic heterocycles. The van der Waals surface area contributed by atoms with Crippen LogP contribution in [0.3, 0.4) is 0 Å². The molecule has 0 saturated carbocycles. The maximum Gasteiger partial charge on any atom is 0.322 e. The van der Waals surface area contributed by atoms with E-state index in [0.717, 1.165) is 18.0 Å². The summed E-state index contributed by atoms with van der Waals surface area (Å²) in [5, 5.41) is 3.16. The van der Waals surface area contributed by atoms with Crippen LogP contribution < -0.4 is 11.1 Å². The molecule has 1 aliphatic heterocycles. The number of benzene rings is 1. The van der Waals surface area contributed by atoms with Gasteiger partial charge in [0.25, 0.3) is 5.91 Å². The molecule has 5 nitrogen and oxygen atoms in total. The Bertz CT molecular complexity index is 469. The van der Waals surface area contributed by atoms with E-state index in [-0.39, 0.29) is 11.6 Å². The van der Waals surface area contributed by atoms with Crippen LogP contribution in [-0.4, -0.2) is 36.0 Å². The van der Waals surface area contributed by atoms with E-state index in [0.29, 0.717) is 12.8 Å². The van der Waals surface area contributed by atoms with Gasteiger partial charge in [-0.05, 0) is 50.2 Å². The number of nitrogens with zero attached hydrogens (tertiary/aromatic N) is 1. The van der Waals surface area contributed by atoms with Crippen molar-refractivity contribution in [2.75, 3.05) is 13.1 Å². The number of nitrogens with one attached hydrogen (secondary N) is 1. The highest BCUT2D eigenvalue weighted by molar-refractivity contribution is 6.04. The van der Waals surface area contributed by atoms with Crippen molar-refractivity contribution in [3.63, 3.8) is 0 Å². The molecule has 0 unspecified atom stereocenters. The zero-order chi connectivity index (χ0) is 13.8. The number of piperidine rings is 1. The summed E-state index contributed by atoms with van der Waals surface area (Å²) in [6, 6.07) is 4.13. The van der Waals surface area contributed by atoms with Gasteiger partial charge in [0.2, 0.25) is 0 Å². The Balaban J connectivity index is 2.20. The summed E-state index contributed by atoms with van der Waals surface area (Å²) in [5.41, 5.74) is 5.57. The number of imide groups is 1. The van der Waals surface area contributed by atoms with Crippen molar-refractivity contribution >= 4 is 11.9 Å². The molecule has 19 heavy (non-hydrogen) atoms. The molecule has 3 N–H and O–H groups in total. The summed E-state index contributed by atoms with van der Waals surface area (Å²) in [4.78, 5) is 24.9. The van der Waals surface area contributed by atoms with Crippen LogP contribution in [-0.2, 0) is 0 Å². The van der Waals surface area contributed by atoms with Crippen molar-refractivity contribution in [1.29, 1.82) is 0 Å². The number of primary amides is 1. The first kappa shape index (κ1) is 13.5. The molecule has 0 radical (unpaired) electrons. The summed E-state index contributed by atoms with van der Waals surface area (Å²) in [5.74, 6) is -0.900. The average Bonchev–Trinajstić information content (AvgIpc) is 2.40. The van der Waals surface area contributed by atoms with Crippen LogP contribution in [0.5, 0.6) is 0 Å². The van der Waals surface area contributed by atoms with E-state index in [9.17, 15) is 14.0 Å². The smallest absolute Gasteiger partial charge is 0.322 e. The van der Waals surface area contributed by atoms with Crippen molar-refractivity contribution < 1.29 is 14.0 Å². The zero-order valence-electron chi connectivity index (χ0n) is 10.4. The molecule has 0 bridgehead atoms. The van der Waals surface area contributed by atoms with Crippen LogP contribution in [0.25, 0.3) is 0 Å². The standard InChI is InChI=1S/C13H16FN3O2/c14-10-3-1-9(2-4-10)12(18)17(13(15)19)11-5-7-16-8-6-11/h1-4,11,16H,5-8H2,(H2,15,19). The molecule has 6 heteroatoms. The van der Waals surface area contributed by atoms with Gasteiger partial charge in [-0.2, -0.15) is 0 Å². The third kappa shape index (κ3) is 3.08. The van der Waals surface area contributed by atoms with Gasteiger partial charge in [0.15, 0.2) is 0 Å². The molecule has 1 fully saturated rings. The predicted octanol–water partition coefficient (Wildman–Crippen LogP) is 1.10. The number of carbonyl (C=O) groups is 2. The molecule has 1 saturated heterocycles. The second kappa shape index (κ2) is 5.79. The maximum atomic E-state index is 12.8. The summed E-state index contributed by atoms with van der Waals surface area (Å²) in [6.07, 6.45) is 1.35. The average molecular weight is 265 g/mol. The van der Waals surface area contributed by atoms with Crippen molar-refractivity contribution in [3.8, 4) is 0 Å². The lowest BCUT2D eigenvalue weighted by molar-refractivity contribution is 0.0725. The molecular formula is C13H16FN3O2. The fourth-order valence-corrected chi connectivity index (χ4v) is 2.24. The van der Waals surface area contributed by atoms with Crippen molar-refractivity contribution in [2.45, 2.75) is 18.9 Å². The Labute approximate surface area is 110 Å². The molecule has 1 aromatic rings. The largest absolute Gasteiger partial charge is 0.351 e. The SMILES string of the molecule is NC(=O)N(C(=O)c1ccc(F)cc1)C1CCNCC1. The molecule has 0 atom stereocenters. The molecular weight excluding hydrogens is 249 g/mol. The number of urea groups is 1. The normalized spacial score (nSPS) is 16.1. The maximum absolute atomic E-state index is 12.8. The Morgan fingerprint density at radius 2 is 1.79 bits per heavy atom. The predicted molar refractivity (Wildman–Crippen MR) is 68.0 cm³/mol.